The molecule has 0 aliphatic heterocycles. The van der Waals surface area contributed by atoms with Crippen molar-refractivity contribution in [2.24, 2.45) is 10.7 Å². The Morgan fingerprint density at radius 2 is 1.72 bits per heavy atom. The van der Waals surface area contributed by atoms with E-state index >= 15 is 0 Å². The van der Waals surface area contributed by atoms with Gasteiger partial charge < -0.3 is 20.7 Å². The summed E-state index contributed by atoms with van der Waals surface area (Å²) in [6, 6.07) is 9.64. The lowest BCUT2D eigenvalue weighted by Gasteiger charge is -2.15. The van der Waals surface area contributed by atoms with Crippen molar-refractivity contribution in [3.05, 3.63) is 77.7 Å². The third-order valence-electron chi connectivity index (χ3n) is 3.60. The van der Waals surface area contributed by atoms with Crippen molar-refractivity contribution in [2.45, 2.75) is 0 Å². The van der Waals surface area contributed by atoms with Crippen LogP contribution >= 0.6 is 0 Å². The molecule has 3 N–H and O–H groups in total. The molecule has 152 valence electrons. The quantitative estimate of drug-likeness (QED) is 0.422. The van der Waals surface area contributed by atoms with Gasteiger partial charge in [-0.2, -0.15) is 0 Å². The summed E-state index contributed by atoms with van der Waals surface area (Å²) in [5.41, 5.74) is 5.48. The molecule has 0 heterocycles. The summed E-state index contributed by atoms with van der Waals surface area (Å²) in [4.78, 5) is 28.1. The molecule has 0 fully saturated rings. The second kappa shape index (κ2) is 9.45. The third-order valence-corrected chi connectivity index (χ3v) is 3.60. The van der Waals surface area contributed by atoms with Gasteiger partial charge in [0.05, 0.1) is 0 Å². The number of ether oxygens (including phenoxy) is 1. The Morgan fingerprint density at radius 1 is 1.14 bits per heavy atom. The highest BCUT2D eigenvalue weighted by atomic mass is 19.1. The highest BCUT2D eigenvalue weighted by molar-refractivity contribution is 5.97. The van der Waals surface area contributed by atoms with Crippen LogP contribution in [0, 0.1) is 11.6 Å². The first-order valence-corrected chi connectivity index (χ1v) is 8.41. The fourth-order valence-corrected chi connectivity index (χ4v) is 2.27. The molecular formula is C20H20F2N4O3. The van der Waals surface area contributed by atoms with Crippen molar-refractivity contribution in [1.82, 2.24) is 4.90 Å². The fourth-order valence-electron chi connectivity index (χ4n) is 2.27. The summed E-state index contributed by atoms with van der Waals surface area (Å²) in [6.07, 6.45) is 0. The van der Waals surface area contributed by atoms with Crippen LogP contribution in [0.3, 0.4) is 0 Å². The summed E-state index contributed by atoms with van der Waals surface area (Å²) in [5.74, 6) is -3.41. The van der Waals surface area contributed by atoms with Crippen molar-refractivity contribution in [1.29, 1.82) is 0 Å². The normalized spacial score (nSPS) is 11.0. The number of anilines is 1. The molecule has 0 radical (unpaired) electrons. The summed E-state index contributed by atoms with van der Waals surface area (Å²) in [5, 5.41) is 2.78. The molecule has 29 heavy (non-hydrogen) atoms. The zero-order chi connectivity index (χ0) is 21.6. The van der Waals surface area contributed by atoms with Gasteiger partial charge in [-0.05, 0) is 43.0 Å². The minimum Gasteiger partial charge on any atom is -0.423 e. The number of rotatable bonds is 7. The van der Waals surface area contributed by atoms with E-state index in [0.717, 1.165) is 12.1 Å². The average Bonchev–Trinajstić information content (AvgIpc) is 2.65. The minimum absolute atomic E-state index is 0.109. The highest BCUT2D eigenvalue weighted by Crippen LogP contribution is 2.18. The second-order valence-electron chi connectivity index (χ2n) is 6.11. The Bertz CT molecular complexity index is 936. The van der Waals surface area contributed by atoms with Gasteiger partial charge in [0.1, 0.15) is 23.7 Å². The first-order chi connectivity index (χ1) is 13.7. The lowest BCUT2D eigenvalue weighted by molar-refractivity contribution is -0.116. The van der Waals surface area contributed by atoms with Crippen LogP contribution in [0.4, 0.5) is 14.5 Å². The van der Waals surface area contributed by atoms with E-state index in [9.17, 15) is 18.4 Å². The van der Waals surface area contributed by atoms with Gasteiger partial charge in [0.2, 0.25) is 11.8 Å². The molecule has 0 unspecified atom stereocenters. The predicted octanol–water partition coefficient (Wildman–Crippen LogP) is 2.50. The molecule has 0 saturated carbocycles. The number of carbonyl (C=O) groups is 2. The topological polar surface area (TPSA) is 97.0 Å². The number of carbonyl (C=O) groups excluding carboxylic acids is 2. The Labute approximate surface area is 166 Å². The summed E-state index contributed by atoms with van der Waals surface area (Å²) in [6.45, 7) is 3.11. The SMILES string of the molecule is C=C(Nc1ccc(C(=O)N(C)C)cc1)O/C(=N\CC(N)=O)c1c(F)cccc1F. The zero-order valence-electron chi connectivity index (χ0n) is 15.9. The highest BCUT2D eigenvalue weighted by Gasteiger charge is 2.18. The molecule has 2 rings (SSSR count). The lowest BCUT2D eigenvalue weighted by atomic mass is 10.2. The maximum absolute atomic E-state index is 14.1. The Balaban J connectivity index is 2.19. The Kier molecular flexibility index (Phi) is 7.02. The molecule has 7 nitrogen and oxygen atoms in total. The Hall–Kier alpha value is -3.75. The number of hydrogen-bond donors (Lipinski definition) is 2. The second-order valence-corrected chi connectivity index (χ2v) is 6.11. The van der Waals surface area contributed by atoms with Crippen molar-refractivity contribution in [3.63, 3.8) is 0 Å². The molecular weight excluding hydrogens is 382 g/mol. The van der Waals surface area contributed by atoms with E-state index < -0.39 is 35.5 Å². The molecule has 9 heteroatoms. The molecule has 0 aliphatic carbocycles. The van der Waals surface area contributed by atoms with Crippen molar-refractivity contribution in [3.8, 4) is 0 Å². The minimum atomic E-state index is -0.924. The van der Waals surface area contributed by atoms with Gasteiger partial charge in [0.25, 0.3) is 5.91 Å². The standard InChI is InChI=1S/C20H20F2N4O3/c1-12(25-14-9-7-13(8-10-14)20(28)26(2)3)29-19(24-11-17(23)27)18-15(21)5-4-6-16(18)22/h4-10,25H,1,11H2,2-3H3,(H2,23,27)/b24-19-. The molecule has 0 spiro atoms. The van der Waals surface area contributed by atoms with Crippen molar-refractivity contribution >= 4 is 23.4 Å². The van der Waals surface area contributed by atoms with Crippen LogP contribution in [0.5, 0.6) is 0 Å². The van der Waals surface area contributed by atoms with Gasteiger partial charge in [0, 0.05) is 25.3 Å². The number of benzene rings is 2. The maximum atomic E-state index is 14.1. The van der Waals surface area contributed by atoms with Crippen LogP contribution < -0.4 is 11.1 Å². The molecule has 0 aliphatic rings. The van der Waals surface area contributed by atoms with Gasteiger partial charge in [-0.25, -0.2) is 13.8 Å². The van der Waals surface area contributed by atoms with Gasteiger partial charge in [-0.1, -0.05) is 6.07 Å². The summed E-state index contributed by atoms with van der Waals surface area (Å²) in [7, 11) is 3.28. The zero-order valence-corrected chi connectivity index (χ0v) is 15.9. The molecule has 0 atom stereocenters. The van der Waals surface area contributed by atoms with E-state index in [-0.39, 0.29) is 11.8 Å². The number of nitrogens with one attached hydrogen (secondary N) is 1. The number of hydrogen-bond acceptors (Lipinski definition) is 5. The molecule has 2 aromatic carbocycles. The van der Waals surface area contributed by atoms with Crippen LogP contribution in [0.15, 0.2) is 59.9 Å². The van der Waals surface area contributed by atoms with Gasteiger partial charge in [-0.3, -0.25) is 9.59 Å². The van der Waals surface area contributed by atoms with Crippen molar-refractivity contribution < 1.29 is 23.1 Å². The number of aliphatic imine (C=N–C) groups is 1. The average molecular weight is 402 g/mol. The first-order valence-electron chi connectivity index (χ1n) is 8.41. The van der Waals surface area contributed by atoms with Crippen LogP contribution in [0.2, 0.25) is 0 Å². The van der Waals surface area contributed by atoms with E-state index in [1.807, 2.05) is 0 Å². The predicted molar refractivity (Wildman–Crippen MR) is 105 cm³/mol. The van der Waals surface area contributed by atoms with Gasteiger partial charge in [-0.15, -0.1) is 0 Å². The van der Waals surface area contributed by atoms with Crippen LogP contribution in [0.1, 0.15) is 15.9 Å². The summed E-state index contributed by atoms with van der Waals surface area (Å²) >= 11 is 0. The van der Waals surface area contributed by atoms with Crippen LogP contribution in [-0.2, 0) is 9.53 Å². The number of amides is 2. The van der Waals surface area contributed by atoms with E-state index in [0.29, 0.717) is 11.3 Å². The monoisotopic (exact) mass is 402 g/mol. The van der Waals surface area contributed by atoms with Crippen LogP contribution in [-0.4, -0.2) is 43.3 Å². The fraction of sp³-hybridized carbons (Fsp3) is 0.150. The molecule has 2 aromatic rings. The number of halogens is 2. The van der Waals surface area contributed by atoms with E-state index in [1.165, 1.54) is 11.0 Å². The lowest BCUT2D eigenvalue weighted by Crippen LogP contribution is -2.21. The smallest absolute Gasteiger partial charge is 0.253 e. The maximum Gasteiger partial charge on any atom is 0.253 e. The number of primary amides is 1. The van der Waals surface area contributed by atoms with Crippen molar-refractivity contribution in [2.75, 3.05) is 26.0 Å². The third kappa shape index (κ3) is 5.86. The van der Waals surface area contributed by atoms with Gasteiger partial charge >= 0.3 is 0 Å². The van der Waals surface area contributed by atoms with Crippen LogP contribution in [0.25, 0.3) is 0 Å². The molecule has 0 bridgehead atoms. The molecule has 0 aromatic heterocycles. The summed E-state index contributed by atoms with van der Waals surface area (Å²) < 4.78 is 33.5. The van der Waals surface area contributed by atoms with Gasteiger partial charge in [0.15, 0.2) is 5.88 Å². The molecule has 0 saturated heterocycles. The van der Waals surface area contributed by atoms with E-state index in [4.69, 9.17) is 10.5 Å². The molecule has 2 amide bonds. The van der Waals surface area contributed by atoms with E-state index in [1.54, 1.807) is 38.4 Å². The number of nitrogens with zero attached hydrogens (tertiary/aromatic N) is 2. The number of nitrogens with two attached hydrogens (primary N) is 1. The Morgan fingerprint density at radius 3 is 2.24 bits per heavy atom. The van der Waals surface area contributed by atoms with E-state index in [2.05, 4.69) is 16.9 Å². The first kappa shape index (κ1) is 21.5. The largest absolute Gasteiger partial charge is 0.423 e.